The van der Waals surface area contributed by atoms with Crippen LogP contribution in [0.5, 0.6) is 0 Å². The van der Waals surface area contributed by atoms with Gasteiger partial charge in [0, 0.05) is 20.2 Å². The fourth-order valence-electron chi connectivity index (χ4n) is 3.85. The van der Waals surface area contributed by atoms with Crippen LogP contribution in [0.1, 0.15) is 66.7 Å². The van der Waals surface area contributed by atoms with Gasteiger partial charge in [-0.1, -0.05) is 41.0 Å². The molecule has 0 aliphatic heterocycles. The molecule has 0 spiro atoms. The molecule has 1 rings (SSSR count). The summed E-state index contributed by atoms with van der Waals surface area (Å²) in [7, 11) is 1.78. The molecule has 20 heavy (non-hydrogen) atoms. The molecule has 1 fully saturated rings. The van der Waals surface area contributed by atoms with Crippen molar-refractivity contribution in [3.63, 3.8) is 0 Å². The van der Waals surface area contributed by atoms with E-state index >= 15 is 0 Å². The van der Waals surface area contributed by atoms with E-state index in [4.69, 9.17) is 4.74 Å². The minimum Gasteiger partial charge on any atom is -0.383 e. The summed E-state index contributed by atoms with van der Waals surface area (Å²) >= 11 is 0. The molecular weight excluding hydrogens is 246 g/mol. The van der Waals surface area contributed by atoms with Crippen LogP contribution in [0.15, 0.2) is 0 Å². The largest absolute Gasteiger partial charge is 0.383 e. The average molecular weight is 284 g/mol. The number of methoxy groups -OCH3 is 1. The molecule has 0 heterocycles. The molecule has 0 bridgehead atoms. The molecule has 0 aromatic carbocycles. The van der Waals surface area contributed by atoms with Gasteiger partial charge in [-0.05, 0) is 48.3 Å². The van der Waals surface area contributed by atoms with Gasteiger partial charge < -0.3 is 10.1 Å². The van der Waals surface area contributed by atoms with Crippen LogP contribution in [0.4, 0.5) is 0 Å². The summed E-state index contributed by atoms with van der Waals surface area (Å²) in [6, 6.07) is 0. The molecule has 2 nitrogen and oxygen atoms in total. The normalized spacial score (nSPS) is 29.4. The lowest BCUT2D eigenvalue weighted by atomic mass is 9.59. The van der Waals surface area contributed by atoms with Crippen LogP contribution in [-0.2, 0) is 4.74 Å². The highest BCUT2D eigenvalue weighted by Crippen LogP contribution is 2.49. The summed E-state index contributed by atoms with van der Waals surface area (Å²) in [6.07, 6.45) is 6.89. The molecule has 2 heteroatoms. The van der Waals surface area contributed by atoms with Crippen molar-refractivity contribution in [2.75, 3.05) is 26.8 Å². The highest BCUT2D eigenvalue weighted by molar-refractivity contribution is 4.93. The fourth-order valence-corrected chi connectivity index (χ4v) is 3.85. The first-order valence-electron chi connectivity index (χ1n) is 8.55. The van der Waals surface area contributed by atoms with Crippen molar-refractivity contribution in [3.8, 4) is 0 Å². The Kier molecular flexibility index (Phi) is 7.00. The second-order valence-electron chi connectivity index (χ2n) is 7.98. The standard InChI is InChI=1S/C18H37NO/c1-7-15(2)18(14-19-12-13-20-6)10-8-16(9-11-18)17(3,4)5/h15-16,19H,7-14H2,1-6H3. The van der Waals surface area contributed by atoms with E-state index in [2.05, 4.69) is 39.9 Å². The third kappa shape index (κ3) is 4.73. The van der Waals surface area contributed by atoms with Gasteiger partial charge in [-0.2, -0.15) is 0 Å². The van der Waals surface area contributed by atoms with Crippen LogP contribution < -0.4 is 5.32 Å². The summed E-state index contributed by atoms with van der Waals surface area (Å²) in [5.41, 5.74) is 0.995. The summed E-state index contributed by atoms with van der Waals surface area (Å²) in [6.45, 7) is 15.0. The Balaban J connectivity index is 2.59. The molecule has 1 N–H and O–H groups in total. The van der Waals surface area contributed by atoms with Gasteiger partial charge in [0.05, 0.1) is 6.61 Å². The van der Waals surface area contributed by atoms with E-state index in [1.54, 1.807) is 7.11 Å². The van der Waals surface area contributed by atoms with Gasteiger partial charge >= 0.3 is 0 Å². The second kappa shape index (κ2) is 7.79. The lowest BCUT2D eigenvalue weighted by Crippen LogP contribution is -2.44. The van der Waals surface area contributed by atoms with Crippen LogP contribution in [0.3, 0.4) is 0 Å². The first kappa shape index (κ1) is 18.0. The SMILES string of the molecule is CCC(C)C1(CNCCOC)CCC(C(C)(C)C)CC1. The maximum absolute atomic E-state index is 5.15. The average Bonchev–Trinajstić information content (AvgIpc) is 2.42. The molecule has 0 saturated heterocycles. The zero-order valence-electron chi connectivity index (χ0n) is 14.7. The first-order chi connectivity index (χ1) is 9.35. The molecular formula is C18H37NO. The lowest BCUT2D eigenvalue weighted by Gasteiger charge is -2.47. The molecule has 1 saturated carbocycles. The maximum atomic E-state index is 5.15. The summed E-state index contributed by atoms with van der Waals surface area (Å²) in [5, 5.41) is 3.64. The van der Waals surface area contributed by atoms with Gasteiger partial charge in [-0.25, -0.2) is 0 Å². The molecule has 0 amide bonds. The maximum Gasteiger partial charge on any atom is 0.0587 e. The molecule has 1 unspecified atom stereocenters. The Labute approximate surface area is 127 Å². The van der Waals surface area contributed by atoms with E-state index in [1.165, 1.54) is 38.6 Å². The van der Waals surface area contributed by atoms with Crippen molar-refractivity contribution in [1.29, 1.82) is 0 Å². The fraction of sp³-hybridized carbons (Fsp3) is 1.00. The number of ether oxygens (including phenoxy) is 1. The van der Waals surface area contributed by atoms with E-state index in [0.29, 0.717) is 10.8 Å². The van der Waals surface area contributed by atoms with E-state index in [0.717, 1.165) is 25.0 Å². The first-order valence-corrected chi connectivity index (χ1v) is 8.55. The van der Waals surface area contributed by atoms with Crippen LogP contribution >= 0.6 is 0 Å². The second-order valence-corrected chi connectivity index (χ2v) is 7.98. The van der Waals surface area contributed by atoms with Gasteiger partial charge in [0.2, 0.25) is 0 Å². The van der Waals surface area contributed by atoms with E-state index in [1.807, 2.05) is 0 Å². The van der Waals surface area contributed by atoms with Crippen molar-refractivity contribution in [2.24, 2.45) is 22.7 Å². The predicted octanol–water partition coefficient (Wildman–Crippen LogP) is 4.49. The highest BCUT2D eigenvalue weighted by atomic mass is 16.5. The van der Waals surface area contributed by atoms with Crippen LogP contribution in [0, 0.1) is 22.7 Å². The van der Waals surface area contributed by atoms with Crippen molar-refractivity contribution in [1.82, 2.24) is 5.32 Å². The van der Waals surface area contributed by atoms with E-state index in [9.17, 15) is 0 Å². The quantitative estimate of drug-likeness (QED) is 0.695. The zero-order valence-corrected chi connectivity index (χ0v) is 14.7. The van der Waals surface area contributed by atoms with Gasteiger partial charge in [-0.15, -0.1) is 0 Å². The summed E-state index contributed by atoms with van der Waals surface area (Å²) in [4.78, 5) is 0. The van der Waals surface area contributed by atoms with Crippen LogP contribution in [0.2, 0.25) is 0 Å². The molecule has 1 aliphatic rings. The molecule has 0 aromatic rings. The van der Waals surface area contributed by atoms with Crippen molar-refractivity contribution >= 4 is 0 Å². The predicted molar refractivity (Wildman–Crippen MR) is 88.0 cm³/mol. The number of hydrogen-bond acceptors (Lipinski definition) is 2. The monoisotopic (exact) mass is 283 g/mol. The highest BCUT2D eigenvalue weighted by Gasteiger charge is 2.41. The molecule has 0 aromatic heterocycles. The Morgan fingerprint density at radius 3 is 2.30 bits per heavy atom. The molecule has 120 valence electrons. The van der Waals surface area contributed by atoms with Gasteiger partial charge in [-0.3, -0.25) is 0 Å². The van der Waals surface area contributed by atoms with Gasteiger partial charge in [0.1, 0.15) is 0 Å². The molecule has 1 atom stereocenters. The summed E-state index contributed by atoms with van der Waals surface area (Å²) < 4.78 is 5.15. The number of nitrogens with one attached hydrogen (secondary N) is 1. The zero-order chi connectivity index (χ0) is 15.2. The topological polar surface area (TPSA) is 21.3 Å². The van der Waals surface area contributed by atoms with Gasteiger partial charge in [0.25, 0.3) is 0 Å². The summed E-state index contributed by atoms with van der Waals surface area (Å²) in [5.74, 6) is 1.72. The van der Waals surface area contributed by atoms with Gasteiger partial charge in [0.15, 0.2) is 0 Å². The Morgan fingerprint density at radius 1 is 1.25 bits per heavy atom. The molecule has 1 aliphatic carbocycles. The molecule has 0 radical (unpaired) electrons. The minimum atomic E-state index is 0.477. The smallest absolute Gasteiger partial charge is 0.0587 e. The van der Waals surface area contributed by atoms with Crippen LogP contribution in [0.25, 0.3) is 0 Å². The third-order valence-electron chi connectivity index (χ3n) is 5.82. The Hall–Kier alpha value is -0.0800. The van der Waals surface area contributed by atoms with E-state index in [-0.39, 0.29) is 0 Å². The Bertz CT molecular complexity index is 261. The van der Waals surface area contributed by atoms with Crippen molar-refractivity contribution < 1.29 is 4.74 Å². The van der Waals surface area contributed by atoms with Crippen molar-refractivity contribution in [2.45, 2.75) is 66.7 Å². The van der Waals surface area contributed by atoms with Crippen LogP contribution in [-0.4, -0.2) is 26.8 Å². The lowest BCUT2D eigenvalue weighted by molar-refractivity contribution is 0.0421. The Morgan fingerprint density at radius 2 is 1.85 bits per heavy atom. The minimum absolute atomic E-state index is 0.477. The number of hydrogen-bond donors (Lipinski definition) is 1. The van der Waals surface area contributed by atoms with E-state index < -0.39 is 0 Å². The van der Waals surface area contributed by atoms with Crippen molar-refractivity contribution in [3.05, 3.63) is 0 Å². The number of rotatable bonds is 7. The third-order valence-corrected chi connectivity index (χ3v) is 5.82.